The summed E-state index contributed by atoms with van der Waals surface area (Å²) in [6, 6.07) is 19.3. The lowest BCUT2D eigenvalue weighted by Crippen LogP contribution is -2.26. The average molecular weight is 401 g/mol. The van der Waals surface area contributed by atoms with Gasteiger partial charge in [-0.2, -0.15) is 0 Å². The second-order valence-electron chi connectivity index (χ2n) is 10.6. The van der Waals surface area contributed by atoms with Crippen molar-refractivity contribution in [2.45, 2.75) is 102 Å². The summed E-state index contributed by atoms with van der Waals surface area (Å²) < 4.78 is 0. The third-order valence-electron chi connectivity index (χ3n) is 8.75. The molecule has 0 amide bonds. The van der Waals surface area contributed by atoms with E-state index in [0.29, 0.717) is 0 Å². The van der Waals surface area contributed by atoms with Gasteiger partial charge in [-0.1, -0.05) is 93.5 Å². The molecule has 5 rings (SSSR count). The van der Waals surface area contributed by atoms with E-state index in [0.717, 1.165) is 30.1 Å². The van der Waals surface area contributed by atoms with Crippen LogP contribution in [0.1, 0.15) is 111 Å². The van der Waals surface area contributed by atoms with Crippen molar-refractivity contribution in [3.05, 3.63) is 70.8 Å². The predicted octanol–water partition coefficient (Wildman–Crippen LogP) is 8.59. The Morgan fingerprint density at radius 1 is 0.467 bits per heavy atom. The second kappa shape index (κ2) is 9.71. The smallest absolute Gasteiger partial charge is 0.0159 e. The maximum atomic E-state index is 2.45. The van der Waals surface area contributed by atoms with E-state index >= 15 is 0 Å². The standard InChI is InChI=1S/C30H40/c1-2-6-25(7-3-1)27-16-12-23(13-17-27)10-11-24-14-18-28(19-15-24)30-21-20-26-8-4-5-9-29(26)22-30/h12-19,25-26,29-30H,1-11,20-22H2. The van der Waals surface area contributed by atoms with Crippen molar-refractivity contribution >= 4 is 0 Å². The molecule has 160 valence electrons. The second-order valence-corrected chi connectivity index (χ2v) is 10.6. The molecule has 3 saturated carbocycles. The van der Waals surface area contributed by atoms with E-state index in [4.69, 9.17) is 0 Å². The highest BCUT2D eigenvalue weighted by molar-refractivity contribution is 5.29. The van der Waals surface area contributed by atoms with Crippen LogP contribution in [-0.2, 0) is 12.8 Å². The van der Waals surface area contributed by atoms with Gasteiger partial charge in [0.25, 0.3) is 0 Å². The van der Waals surface area contributed by atoms with Crippen molar-refractivity contribution in [1.82, 2.24) is 0 Å². The van der Waals surface area contributed by atoms with Crippen molar-refractivity contribution in [2.75, 3.05) is 0 Å². The maximum Gasteiger partial charge on any atom is -0.0159 e. The van der Waals surface area contributed by atoms with E-state index in [9.17, 15) is 0 Å². The zero-order valence-electron chi connectivity index (χ0n) is 18.8. The van der Waals surface area contributed by atoms with E-state index in [1.807, 2.05) is 0 Å². The molecule has 3 atom stereocenters. The van der Waals surface area contributed by atoms with Crippen LogP contribution < -0.4 is 0 Å². The molecule has 0 heteroatoms. The van der Waals surface area contributed by atoms with Crippen LogP contribution >= 0.6 is 0 Å². The molecule has 0 saturated heterocycles. The lowest BCUT2D eigenvalue weighted by Gasteiger charge is -2.39. The number of aryl methyl sites for hydroxylation is 2. The molecule has 0 nitrogen and oxygen atoms in total. The van der Waals surface area contributed by atoms with Gasteiger partial charge in [-0.05, 0) is 90.9 Å². The van der Waals surface area contributed by atoms with Crippen molar-refractivity contribution in [3.63, 3.8) is 0 Å². The highest BCUT2D eigenvalue weighted by atomic mass is 14.4. The fraction of sp³-hybridized carbons (Fsp3) is 0.600. The van der Waals surface area contributed by atoms with Gasteiger partial charge in [-0.3, -0.25) is 0 Å². The Labute approximate surface area is 184 Å². The van der Waals surface area contributed by atoms with E-state index in [1.54, 1.807) is 11.1 Å². The average Bonchev–Trinajstić information content (AvgIpc) is 2.84. The summed E-state index contributed by atoms with van der Waals surface area (Å²) in [6.07, 6.45) is 19.7. The summed E-state index contributed by atoms with van der Waals surface area (Å²) in [5.41, 5.74) is 6.19. The van der Waals surface area contributed by atoms with Gasteiger partial charge in [0, 0.05) is 0 Å². The number of fused-ring (bicyclic) bond motifs is 1. The third kappa shape index (κ3) is 4.84. The van der Waals surface area contributed by atoms with Crippen molar-refractivity contribution < 1.29 is 0 Å². The molecule has 3 aliphatic carbocycles. The van der Waals surface area contributed by atoms with E-state index < -0.39 is 0 Å². The number of benzene rings is 2. The van der Waals surface area contributed by atoms with E-state index in [2.05, 4.69) is 48.5 Å². The Bertz CT molecular complexity index is 778. The minimum Gasteiger partial charge on any atom is -0.0587 e. The Morgan fingerprint density at radius 2 is 1.00 bits per heavy atom. The molecule has 0 N–H and O–H groups in total. The van der Waals surface area contributed by atoms with E-state index in [1.165, 1.54) is 94.6 Å². The molecular formula is C30H40. The van der Waals surface area contributed by atoms with Crippen LogP contribution in [0, 0.1) is 11.8 Å². The maximum absolute atomic E-state index is 2.45. The fourth-order valence-corrected chi connectivity index (χ4v) is 6.81. The Kier molecular flexibility index (Phi) is 6.59. The third-order valence-corrected chi connectivity index (χ3v) is 8.75. The summed E-state index contributed by atoms with van der Waals surface area (Å²) in [4.78, 5) is 0. The van der Waals surface area contributed by atoms with Gasteiger partial charge in [0.2, 0.25) is 0 Å². The molecule has 3 unspecified atom stereocenters. The Morgan fingerprint density at radius 3 is 1.63 bits per heavy atom. The predicted molar refractivity (Wildman–Crippen MR) is 128 cm³/mol. The summed E-state index contributed by atoms with van der Waals surface area (Å²) in [6.45, 7) is 0. The fourth-order valence-electron chi connectivity index (χ4n) is 6.81. The van der Waals surface area contributed by atoms with Gasteiger partial charge in [0.15, 0.2) is 0 Å². The molecule has 3 aliphatic rings. The first-order valence-corrected chi connectivity index (χ1v) is 13.0. The SMILES string of the molecule is c1cc(C2CCCCC2)ccc1CCc1ccc(C2CCC3CCCCC3C2)cc1. The molecule has 0 aliphatic heterocycles. The molecule has 0 bridgehead atoms. The van der Waals surface area contributed by atoms with Crippen molar-refractivity contribution in [1.29, 1.82) is 0 Å². The van der Waals surface area contributed by atoms with Crippen LogP contribution in [0.3, 0.4) is 0 Å². The molecule has 0 aromatic heterocycles. The van der Waals surface area contributed by atoms with Crippen LogP contribution in [-0.4, -0.2) is 0 Å². The lowest BCUT2D eigenvalue weighted by atomic mass is 9.66. The van der Waals surface area contributed by atoms with Crippen molar-refractivity contribution in [3.8, 4) is 0 Å². The molecular weight excluding hydrogens is 360 g/mol. The topological polar surface area (TPSA) is 0 Å². The summed E-state index contributed by atoms with van der Waals surface area (Å²) in [5.74, 6) is 3.72. The molecule has 3 fully saturated rings. The number of hydrogen-bond donors (Lipinski definition) is 0. The highest BCUT2D eigenvalue weighted by Crippen LogP contribution is 2.46. The van der Waals surface area contributed by atoms with Gasteiger partial charge < -0.3 is 0 Å². The first-order chi connectivity index (χ1) is 14.8. The molecule has 2 aromatic carbocycles. The summed E-state index contributed by atoms with van der Waals surface area (Å²) in [5, 5.41) is 0. The molecule has 30 heavy (non-hydrogen) atoms. The first kappa shape index (κ1) is 20.3. The largest absolute Gasteiger partial charge is 0.0587 e. The van der Waals surface area contributed by atoms with E-state index in [-0.39, 0.29) is 0 Å². The van der Waals surface area contributed by atoms with Crippen LogP contribution in [0.5, 0.6) is 0 Å². The highest BCUT2D eigenvalue weighted by Gasteiger charge is 2.32. The van der Waals surface area contributed by atoms with Crippen LogP contribution in [0.15, 0.2) is 48.5 Å². The van der Waals surface area contributed by atoms with Gasteiger partial charge in [-0.25, -0.2) is 0 Å². The van der Waals surface area contributed by atoms with Crippen molar-refractivity contribution in [2.24, 2.45) is 11.8 Å². The normalized spacial score (nSPS) is 27.5. The monoisotopic (exact) mass is 400 g/mol. The van der Waals surface area contributed by atoms with Crippen LogP contribution in [0.4, 0.5) is 0 Å². The number of hydrogen-bond acceptors (Lipinski definition) is 0. The molecule has 2 aromatic rings. The zero-order valence-corrected chi connectivity index (χ0v) is 18.8. The number of rotatable bonds is 5. The first-order valence-electron chi connectivity index (χ1n) is 13.0. The van der Waals surface area contributed by atoms with Gasteiger partial charge >= 0.3 is 0 Å². The molecule has 0 spiro atoms. The Hall–Kier alpha value is -1.56. The van der Waals surface area contributed by atoms with Gasteiger partial charge in [0.05, 0.1) is 0 Å². The Balaban J connectivity index is 1.14. The summed E-state index contributed by atoms with van der Waals surface area (Å²) in [7, 11) is 0. The van der Waals surface area contributed by atoms with Gasteiger partial charge in [0.1, 0.15) is 0 Å². The lowest BCUT2D eigenvalue weighted by molar-refractivity contribution is 0.155. The summed E-state index contributed by atoms with van der Waals surface area (Å²) >= 11 is 0. The minimum absolute atomic E-state index is 0.823. The quantitative estimate of drug-likeness (QED) is 0.471. The van der Waals surface area contributed by atoms with Crippen LogP contribution in [0.2, 0.25) is 0 Å². The molecule has 0 radical (unpaired) electrons. The molecule has 0 heterocycles. The zero-order chi connectivity index (χ0) is 20.2. The van der Waals surface area contributed by atoms with Gasteiger partial charge in [-0.15, -0.1) is 0 Å². The van der Waals surface area contributed by atoms with Crippen LogP contribution in [0.25, 0.3) is 0 Å². The minimum atomic E-state index is 0.823.